The summed E-state index contributed by atoms with van der Waals surface area (Å²) in [5, 5.41) is 3.87. The smallest absolute Gasteiger partial charge is 0.223 e. The molecule has 0 saturated heterocycles. The molecule has 0 amide bonds. The van der Waals surface area contributed by atoms with Gasteiger partial charge in [0.1, 0.15) is 5.75 Å². The first kappa shape index (κ1) is 9.71. The summed E-state index contributed by atoms with van der Waals surface area (Å²) in [5.74, 6) is 1.90. The highest BCUT2D eigenvalue weighted by Gasteiger charge is 2.12. The number of aryl methyl sites for hydroxylation is 2. The summed E-state index contributed by atoms with van der Waals surface area (Å²) in [5.41, 5.74) is 1.91. The molecule has 0 saturated carbocycles. The molecule has 4 nitrogen and oxygen atoms in total. The second kappa shape index (κ2) is 3.73. The minimum absolute atomic E-state index is 0.550. The van der Waals surface area contributed by atoms with Crippen LogP contribution in [0.5, 0.6) is 5.75 Å². The fourth-order valence-corrected chi connectivity index (χ4v) is 1.51. The van der Waals surface area contributed by atoms with Gasteiger partial charge in [-0.15, -0.1) is 0 Å². The maximum absolute atomic E-state index is 5.32. The van der Waals surface area contributed by atoms with Crippen LogP contribution in [0.4, 0.5) is 0 Å². The Bertz CT molecular complexity index is 477. The van der Waals surface area contributed by atoms with Gasteiger partial charge in [0, 0.05) is 6.92 Å². The fourth-order valence-electron chi connectivity index (χ4n) is 1.51. The van der Waals surface area contributed by atoms with E-state index in [9.17, 15) is 0 Å². The first-order valence-corrected chi connectivity index (χ1v) is 4.66. The van der Waals surface area contributed by atoms with E-state index in [-0.39, 0.29) is 0 Å². The number of hydrogen-bond donors (Lipinski definition) is 0. The number of hydrogen-bond acceptors (Lipinski definition) is 4. The third-order valence-electron chi connectivity index (χ3n) is 2.18. The quantitative estimate of drug-likeness (QED) is 0.753. The summed E-state index contributed by atoms with van der Waals surface area (Å²) in [6.45, 7) is 3.74. The van der Waals surface area contributed by atoms with Gasteiger partial charge in [-0.2, -0.15) is 4.98 Å². The van der Waals surface area contributed by atoms with Gasteiger partial charge in [-0.1, -0.05) is 17.3 Å². The summed E-state index contributed by atoms with van der Waals surface area (Å²) in [6.07, 6.45) is 0. The number of ether oxygens (including phenoxy) is 1. The van der Waals surface area contributed by atoms with E-state index in [1.807, 2.05) is 25.1 Å². The van der Waals surface area contributed by atoms with E-state index in [0.29, 0.717) is 11.7 Å². The van der Waals surface area contributed by atoms with Crippen LogP contribution in [0, 0.1) is 13.8 Å². The highest BCUT2D eigenvalue weighted by Crippen LogP contribution is 2.30. The average Bonchev–Trinajstić information content (AvgIpc) is 2.64. The zero-order chi connectivity index (χ0) is 10.8. The van der Waals surface area contributed by atoms with Crippen molar-refractivity contribution in [3.05, 3.63) is 29.7 Å². The molecule has 0 fully saturated rings. The normalized spacial score (nSPS) is 10.3. The van der Waals surface area contributed by atoms with Crippen LogP contribution in [0.3, 0.4) is 0 Å². The molecule has 78 valence electrons. The van der Waals surface area contributed by atoms with Crippen LogP contribution in [-0.2, 0) is 0 Å². The second-order valence-electron chi connectivity index (χ2n) is 3.29. The fraction of sp³-hybridized carbons (Fsp3) is 0.273. The molecule has 0 aliphatic rings. The highest BCUT2D eigenvalue weighted by molar-refractivity contribution is 5.65. The number of rotatable bonds is 2. The third-order valence-corrected chi connectivity index (χ3v) is 2.18. The van der Waals surface area contributed by atoms with Crippen LogP contribution in [0.15, 0.2) is 22.7 Å². The number of nitrogens with zero attached hydrogens (tertiary/aromatic N) is 2. The molecule has 1 aromatic heterocycles. The predicted molar refractivity (Wildman–Crippen MR) is 55.8 cm³/mol. The van der Waals surface area contributed by atoms with Crippen molar-refractivity contribution in [2.75, 3.05) is 7.11 Å². The molecule has 0 atom stereocenters. The van der Waals surface area contributed by atoms with Gasteiger partial charge in [0.25, 0.3) is 0 Å². The van der Waals surface area contributed by atoms with E-state index >= 15 is 0 Å². The maximum Gasteiger partial charge on any atom is 0.223 e. The van der Waals surface area contributed by atoms with Gasteiger partial charge in [-0.05, 0) is 18.6 Å². The molecule has 1 aromatic carbocycles. The molecule has 0 unspecified atom stereocenters. The number of benzene rings is 1. The third kappa shape index (κ3) is 1.70. The largest absolute Gasteiger partial charge is 0.496 e. The number of para-hydroxylation sites is 1. The molecular weight excluding hydrogens is 192 g/mol. The van der Waals surface area contributed by atoms with Gasteiger partial charge in [0.2, 0.25) is 11.7 Å². The standard InChI is InChI=1S/C11H12N2O2/c1-7-5-4-6-9(10(7)14-3)11-12-8(2)15-13-11/h4-6H,1-3H3. The van der Waals surface area contributed by atoms with Crippen LogP contribution >= 0.6 is 0 Å². The zero-order valence-electron chi connectivity index (χ0n) is 8.94. The van der Waals surface area contributed by atoms with Crippen LogP contribution in [-0.4, -0.2) is 17.3 Å². The lowest BCUT2D eigenvalue weighted by molar-refractivity contribution is 0.392. The molecule has 2 aromatic rings. The van der Waals surface area contributed by atoms with Crippen molar-refractivity contribution >= 4 is 0 Å². The van der Waals surface area contributed by atoms with E-state index in [2.05, 4.69) is 10.1 Å². The summed E-state index contributed by atoms with van der Waals surface area (Å²) < 4.78 is 10.3. The van der Waals surface area contributed by atoms with Crippen molar-refractivity contribution in [3.63, 3.8) is 0 Å². The Morgan fingerprint density at radius 3 is 2.67 bits per heavy atom. The van der Waals surface area contributed by atoms with E-state index in [1.54, 1.807) is 14.0 Å². The Labute approximate surface area is 87.9 Å². The van der Waals surface area contributed by atoms with Gasteiger partial charge in [0.05, 0.1) is 12.7 Å². The summed E-state index contributed by atoms with van der Waals surface area (Å²) in [7, 11) is 1.64. The lowest BCUT2D eigenvalue weighted by atomic mass is 10.1. The Hall–Kier alpha value is -1.84. The van der Waals surface area contributed by atoms with Crippen LogP contribution in [0.1, 0.15) is 11.5 Å². The summed E-state index contributed by atoms with van der Waals surface area (Å²) >= 11 is 0. The van der Waals surface area contributed by atoms with Gasteiger partial charge in [-0.3, -0.25) is 0 Å². The van der Waals surface area contributed by atoms with E-state index in [1.165, 1.54) is 0 Å². The van der Waals surface area contributed by atoms with Gasteiger partial charge in [-0.25, -0.2) is 0 Å². The highest BCUT2D eigenvalue weighted by atomic mass is 16.5. The van der Waals surface area contributed by atoms with E-state index in [4.69, 9.17) is 9.26 Å². The Kier molecular flexibility index (Phi) is 2.41. The second-order valence-corrected chi connectivity index (χ2v) is 3.29. The lowest BCUT2D eigenvalue weighted by Crippen LogP contribution is -1.92. The van der Waals surface area contributed by atoms with Gasteiger partial charge in [0.15, 0.2) is 0 Å². The molecule has 0 spiro atoms. The minimum atomic E-state index is 0.550. The lowest BCUT2D eigenvalue weighted by Gasteiger charge is -2.07. The molecule has 2 rings (SSSR count). The summed E-state index contributed by atoms with van der Waals surface area (Å²) in [6, 6.07) is 5.84. The number of methoxy groups -OCH3 is 1. The molecule has 0 aliphatic carbocycles. The Morgan fingerprint density at radius 2 is 2.07 bits per heavy atom. The SMILES string of the molecule is COc1c(C)cccc1-c1noc(C)n1. The molecule has 0 bridgehead atoms. The van der Waals surface area contributed by atoms with E-state index in [0.717, 1.165) is 16.9 Å². The molecule has 1 heterocycles. The van der Waals surface area contributed by atoms with Crippen molar-refractivity contribution in [1.29, 1.82) is 0 Å². The Balaban J connectivity index is 2.57. The molecule has 0 radical (unpaired) electrons. The molecular formula is C11H12N2O2. The number of aromatic nitrogens is 2. The molecule has 0 aliphatic heterocycles. The van der Waals surface area contributed by atoms with E-state index < -0.39 is 0 Å². The van der Waals surface area contributed by atoms with Gasteiger partial charge >= 0.3 is 0 Å². The van der Waals surface area contributed by atoms with Crippen molar-refractivity contribution < 1.29 is 9.26 Å². The van der Waals surface area contributed by atoms with Crippen molar-refractivity contribution in [1.82, 2.24) is 10.1 Å². The molecule has 4 heteroatoms. The topological polar surface area (TPSA) is 48.2 Å². The minimum Gasteiger partial charge on any atom is -0.496 e. The Morgan fingerprint density at radius 1 is 1.27 bits per heavy atom. The first-order chi connectivity index (χ1) is 7.22. The molecule has 0 N–H and O–H groups in total. The predicted octanol–water partition coefficient (Wildman–Crippen LogP) is 2.36. The van der Waals surface area contributed by atoms with Gasteiger partial charge < -0.3 is 9.26 Å². The average molecular weight is 204 g/mol. The maximum atomic E-state index is 5.32. The monoisotopic (exact) mass is 204 g/mol. The molecule has 15 heavy (non-hydrogen) atoms. The zero-order valence-corrected chi connectivity index (χ0v) is 8.94. The van der Waals surface area contributed by atoms with Crippen LogP contribution in [0.25, 0.3) is 11.4 Å². The van der Waals surface area contributed by atoms with Crippen LogP contribution < -0.4 is 4.74 Å². The van der Waals surface area contributed by atoms with Crippen LogP contribution in [0.2, 0.25) is 0 Å². The van der Waals surface area contributed by atoms with Crippen molar-refractivity contribution in [2.45, 2.75) is 13.8 Å². The summed E-state index contributed by atoms with van der Waals surface area (Å²) in [4.78, 5) is 4.17. The first-order valence-electron chi connectivity index (χ1n) is 4.66. The van der Waals surface area contributed by atoms with Crippen molar-refractivity contribution in [2.24, 2.45) is 0 Å². The van der Waals surface area contributed by atoms with Crippen molar-refractivity contribution in [3.8, 4) is 17.1 Å².